The van der Waals surface area contributed by atoms with E-state index in [0.717, 1.165) is 49.5 Å². The third-order valence-electron chi connectivity index (χ3n) is 5.53. The van der Waals surface area contributed by atoms with Crippen molar-refractivity contribution in [3.8, 4) is 11.5 Å². The standard InChI is InChI=1S/C29H35NO3/c1-4-24-13-17-27(18-14-24)32-21-9-6-10-22-33-28-19-15-25(16-20-28)29(31)30(23(2)3)26-11-7-5-8-12-26/h5,7-8,11-20,23H,4,6,9-10,21-22H2,1-3H3. The number of nitrogens with zero attached hydrogens (tertiary/aromatic N) is 1. The van der Waals surface area contributed by atoms with Crippen molar-refractivity contribution in [2.75, 3.05) is 18.1 Å². The molecule has 0 saturated carbocycles. The molecule has 0 spiro atoms. The quantitative estimate of drug-likeness (QED) is 0.284. The predicted molar refractivity (Wildman–Crippen MR) is 135 cm³/mol. The van der Waals surface area contributed by atoms with E-state index in [1.807, 2.05) is 85.5 Å². The van der Waals surface area contributed by atoms with Gasteiger partial charge in [0.1, 0.15) is 11.5 Å². The Morgan fingerprint density at radius 3 is 1.82 bits per heavy atom. The van der Waals surface area contributed by atoms with E-state index >= 15 is 0 Å². The molecule has 0 aromatic heterocycles. The molecule has 0 bridgehead atoms. The van der Waals surface area contributed by atoms with E-state index in [1.54, 1.807) is 0 Å². The van der Waals surface area contributed by atoms with Crippen LogP contribution >= 0.6 is 0 Å². The topological polar surface area (TPSA) is 38.8 Å². The van der Waals surface area contributed by atoms with Crippen molar-refractivity contribution in [2.45, 2.75) is 52.5 Å². The van der Waals surface area contributed by atoms with Gasteiger partial charge in [-0.15, -0.1) is 0 Å². The molecule has 0 atom stereocenters. The van der Waals surface area contributed by atoms with E-state index < -0.39 is 0 Å². The number of rotatable bonds is 12. The highest BCUT2D eigenvalue weighted by Crippen LogP contribution is 2.21. The Bertz CT molecular complexity index is 966. The Morgan fingerprint density at radius 2 is 1.30 bits per heavy atom. The average molecular weight is 446 g/mol. The van der Waals surface area contributed by atoms with Gasteiger partial charge in [0.2, 0.25) is 0 Å². The molecule has 0 aliphatic rings. The van der Waals surface area contributed by atoms with Gasteiger partial charge in [-0.2, -0.15) is 0 Å². The van der Waals surface area contributed by atoms with Crippen LogP contribution in [0.1, 0.15) is 56.0 Å². The van der Waals surface area contributed by atoms with Crippen LogP contribution in [-0.2, 0) is 6.42 Å². The van der Waals surface area contributed by atoms with Gasteiger partial charge in [0, 0.05) is 17.3 Å². The molecule has 3 aromatic rings. The van der Waals surface area contributed by atoms with E-state index in [0.29, 0.717) is 12.2 Å². The monoisotopic (exact) mass is 445 g/mol. The molecule has 4 nitrogen and oxygen atoms in total. The molecule has 0 aliphatic carbocycles. The molecule has 3 rings (SSSR count). The largest absolute Gasteiger partial charge is 0.494 e. The number of ether oxygens (including phenoxy) is 2. The SMILES string of the molecule is CCc1ccc(OCCCCCOc2ccc(C(=O)N(c3ccccc3)C(C)C)cc2)cc1. The zero-order valence-corrected chi connectivity index (χ0v) is 20.0. The van der Waals surface area contributed by atoms with Gasteiger partial charge in [-0.1, -0.05) is 37.3 Å². The van der Waals surface area contributed by atoms with Crippen LogP contribution in [0.4, 0.5) is 5.69 Å². The number of unbranched alkanes of at least 4 members (excludes halogenated alkanes) is 2. The molecule has 33 heavy (non-hydrogen) atoms. The second-order valence-corrected chi connectivity index (χ2v) is 8.38. The van der Waals surface area contributed by atoms with Crippen molar-refractivity contribution in [1.29, 1.82) is 0 Å². The number of carbonyl (C=O) groups is 1. The third kappa shape index (κ3) is 7.38. The molecule has 0 heterocycles. The van der Waals surface area contributed by atoms with Crippen LogP contribution in [0.15, 0.2) is 78.9 Å². The van der Waals surface area contributed by atoms with E-state index in [2.05, 4.69) is 19.1 Å². The van der Waals surface area contributed by atoms with Crippen LogP contribution in [0, 0.1) is 0 Å². The van der Waals surface area contributed by atoms with E-state index in [9.17, 15) is 4.79 Å². The van der Waals surface area contributed by atoms with Gasteiger partial charge in [0.25, 0.3) is 5.91 Å². The summed E-state index contributed by atoms with van der Waals surface area (Å²) >= 11 is 0. The summed E-state index contributed by atoms with van der Waals surface area (Å²) in [5.74, 6) is 1.71. The summed E-state index contributed by atoms with van der Waals surface area (Å²) in [5, 5.41) is 0. The zero-order valence-electron chi connectivity index (χ0n) is 20.0. The van der Waals surface area contributed by atoms with E-state index in [1.165, 1.54) is 5.56 Å². The Hall–Kier alpha value is -3.27. The number of para-hydroxylation sites is 1. The number of carbonyl (C=O) groups excluding carboxylic acids is 1. The first-order chi connectivity index (χ1) is 16.1. The Morgan fingerprint density at radius 1 is 0.758 bits per heavy atom. The molecule has 0 aliphatic heterocycles. The average Bonchev–Trinajstić information content (AvgIpc) is 2.84. The minimum absolute atomic E-state index is 0.00733. The molecule has 4 heteroatoms. The van der Waals surface area contributed by atoms with Crippen LogP contribution < -0.4 is 14.4 Å². The molecule has 1 amide bonds. The highest BCUT2D eigenvalue weighted by Gasteiger charge is 2.20. The molecule has 0 fully saturated rings. The summed E-state index contributed by atoms with van der Waals surface area (Å²) in [6.07, 6.45) is 4.05. The van der Waals surface area contributed by atoms with Crippen molar-refractivity contribution in [3.63, 3.8) is 0 Å². The normalized spacial score (nSPS) is 10.8. The summed E-state index contributed by atoms with van der Waals surface area (Å²) in [7, 11) is 0. The number of hydrogen-bond donors (Lipinski definition) is 0. The van der Waals surface area contributed by atoms with Crippen LogP contribution in [0.5, 0.6) is 11.5 Å². The van der Waals surface area contributed by atoms with Crippen molar-refractivity contribution in [1.82, 2.24) is 0 Å². The zero-order chi connectivity index (χ0) is 23.5. The van der Waals surface area contributed by atoms with Gasteiger partial charge in [0.15, 0.2) is 0 Å². The fraction of sp³-hybridized carbons (Fsp3) is 0.345. The maximum absolute atomic E-state index is 13.1. The summed E-state index contributed by atoms with van der Waals surface area (Å²) in [6.45, 7) is 7.57. The van der Waals surface area contributed by atoms with Gasteiger partial charge in [-0.3, -0.25) is 4.79 Å². The molecule has 0 radical (unpaired) electrons. The van der Waals surface area contributed by atoms with Crippen molar-refractivity contribution >= 4 is 11.6 Å². The van der Waals surface area contributed by atoms with E-state index in [-0.39, 0.29) is 11.9 Å². The maximum Gasteiger partial charge on any atom is 0.258 e. The first kappa shape index (κ1) is 24.4. The van der Waals surface area contributed by atoms with Crippen molar-refractivity contribution in [3.05, 3.63) is 90.0 Å². The molecule has 0 unspecified atom stereocenters. The Labute approximate surface area is 198 Å². The lowest BCUT2D eigenvalue weighted by atomic mass is 10.1. The van der Waals surface area contributed by atoms with Gasteiger partial charge >= 0.3 is 0 Å². The van der Waals surface area contributed by atoms with Crippen LogP contribution in [0.3, 0.4) is 0 Å². The molecule has 0 saturated heterocycles. The minimum Gasteiger partial charge on any atom is -0.494 e. The molecular weight excluding hydrogens is 410 g/mol. The van der Waals surface area contributed by atoms with E-state index in [4.69, 9.17) is 9.47 Å². The van der Waals surface area contributed by atoms with Gasteiger partial charge in [0.05, 0.1) is 13.2 Å². The first-order valence-corrected chi connectivity index (χ1v) is 11.9. The van der Waals surface area contributed by atoms with Crippen molar-refractivity contribution in [2.24, 2.45) is 0 Å². The van der Waals surface area contributed by atoms with Gasteiger partial charge in [-0.05, 0) is 93.6 Å². The lowest BCUT2D eigenvalue weighted by Crippen LogP contribution is -2.36. The number of aryl methyl sites for hydroxylation is 1. The second kappa shape index (κ2) is 12.7. The minimum atomic E-state index is -0.00733. The molecular formula is C29H35NO3. The van der Waals surface area contributed by atoms with Gasteiger partial charge < -0.3 is 14.4 Å². The lowest BCUT2D eigenvalue weighted by molar-refractivity contribution is 0.0980. The van der Waals surface area contributed by atoms with Crippen molar-refractivity contribution < 1.29 is 14.3 Å². The van der Waals surface area contributed by atoms with Crippen LogP contribution in [-0.4, -0.2) is 25.2 Å². The summed E-state index contributed by atoms with van der Waals surface area (Å²) in [5.41, 5.74) is 2.88. The Kier molecular flexibility index (Phi) is 9.37. The number of hydrogen-bond acceptors (Lipinski definition) is 3. The fourth-order valence-corrected chi connectivity index (χ4v) is 3.65. The second-order valence-electron chi connectivity index (χ2n) is 8.38. The van der Waals surface area contributed by atoms with Crippen LogP contribution in [0.25, 0.3) is 0 Å². The fourth-order valence-electron chi connectivity index (χ4n) is 3.65. The van der Waals surface area contributed by atoms with Gasteiger partial charge in [-0.25, -0.2) is 0 Å². The number of amides is 1. The highest BCUT2D eigenvalue weighted by atomic mass is 16.5. The maximum atomic E-state index is 13.1. The number of benzene rings is 3. The lowest BCUT2D eigenvalue weighted by Gasteiger charge is -2.27. The Balaban J connectivity index is 1.39. The molecule has 3 aromatic carbocycles. The summed E-state index contributed by atoms with van der Waals surface area (Å²) in [6, 6.07) is 25.6. The summed E-state index contributed by atoms with van der Waals surface area (Å²) in [4.78, 5) is 14.9. The molecule has 174 valence electrons. The first-order valence-electron chi connectivity index (χ1n) is 11.9. The summed E-state index contributed by atoms with van der Waals surface area (Å²) < 4.78 is 11.7. The molecule has 0 N–H and O–H groups in total. The number of anilines is 1. The smallest absolute Gasteiger partial charge is 0.258 e. The highest BCUT2D eigenvalue weighted by molar-refractivity contribution is 6.06. The third-order valence-corrected chi connectivity index (χ3v) is 5.53. The predicted octanol–water partition coefficient (Wildman–Crippen LogP) is 6.93. The van der Waals surface area contributed by atoms with Crippen LogP contribution in [0.2, 0.25) is 0 Å².